The van der Waals surface area contributed by atoms with Gasteiger partial charge in [-0.25, -0.2) is 0 Å². The second-order valence-corrected chi connectivity index (χ2v) is 5.26. The lowest BCUT2D eigenvalue weighted by Crippen LogP contribution is -2.39. The van der Waals surface area contributed by atoms with Gasteiger partial charge in [0.15, 0.2) is 0 Å². The highest BCUT2D eigenvalue weighted by Gasteiger charge is 2.33. The molecule has 0 spiro atoms. The van der Waals surface area contributed by atoms with Gasteiger partial charge >= 0.3 is 0 Å². The molecule has 0 aromatic rings. The number of hydrogen-bond donors (Lipinski definition) is 0. The van der Waals surface area contributed by atoms with Gasteiger partial charge in [-0.05, 0) is 51.2 Å². The smallest absolute Gasteiger partial charge is 0.0690 e. The third-order valence-electron chi connectivity index (χ3n) is 3.70. The van der Waals surface area contributed by atoms with Gasteiger partial charge in [0.1, 0.15) is 0 Å². The molecule has 0 atom stereocenters. The van der Waals surface area contributed by atoms with Gasteiger partial charge in [-0.3, -0.25) is 0 Å². The zero-order valence-corrected chi connectivity index (χ0v) is 10.4. The maximum Gasteiger partial charge on any atom is 0.0690 e. The summed E-state index contributed by atoms with van der Waals surface area (Å²) in [7, 11) is 0. The van der Waals surface area contributed by atoms with Gasteiger partial charge in [-0.15, -0.1) is 0 Å². The van der Waals surface area contributed by atoms with Gasteiger partial charge < -0.3 is 4.90 Å². The van der Waals surface area contributed by atoms with Crippen LogP contribution in [0.3, 0.4) is 0 Å². The second kappa shape index (κ2) is 5.51. The van der Waals surface area contributed by atoms with E-state index in [0.717, 1.165) is 44.8 Å². The van der Waals surface area contributed by atoms with Gasteiger partial charge in [0.2, 0.25) is 0 Å². The highest BCUT2D eigenvalue weighted by molar-refractivity contribution is 5.01. The predicted molar refractivity (Wildman–Crippen MR) is 63.5 cm³/mol. The number of rotatable bonds is 4. The quantitative estimate of drug-likeness (QED) is 0.710. The van der Waals surface area contributed by atoms with Crippen LogP contribution in [0.25, 0.3) is 0 Å². The molecule has 15 heavy (non-hydrogen) atoms. The molecule has 1 aliphatic heterocycles. The van der Waals surface area contributed by atoms with E-state index >= 15 is 0 Å². The van der Waals surface area contributed by atoms with Crippen molar-refractivity contribution in [1.82, 2.24) is 4.90 Å². The Kier molecular flexibility index (Phi) is 4.60. The largest absolute Gasteiger partial charge is 0.303 e. The number of nitrogens with zero attached hydrogens (tertiary/aromatic N) is 2. The summed E-state index contributed by atoms with van der Waals surface area (Å²) >= 11 is 0. The van der Waals surface area contributed by atoms with E-state index < -0.39 is 0 Å². The SMILES string of the molecule is CCN1CCC(C#N)(CCC(C)C)CC1. The Morgan fingerprint density at radius 1 is 1.33 bits per heavy atom. The minimum atomic E-state index is -0.00403. The van der Waals surface area contributed by atoms with Crippen LogP contribution in [0, 0.1) is 22.7 Å². The number of piperidine rings is 1. The lowest BCUT2D eigenvalue weighted by atomic mass is 9.75. The fourth-order valence-corrected chi connectivity index (χ4v) is 2.28. The Morgan fingerprint density at radius 2 is 1.93 bits per heavy atom. The van der Waals surface area contributed by atoms with Crippen LogP contribution in [0.15, 0.2) is 0 Å². The highest BCUT2D eigenvalue weighted by atomic mass is 15.1. The van der Waals surface area contributed by atoms with Gasteiger partial charge in [-0.1, -0.05) is 20.8 Å². The molecule has 0 aromatic heterocycles. The van der Waals surface area contributed by atoms with Crippen LogP contribution in [0.1, 0.15) is 46.5 Å². The van der Waals surface area contributed by atoms with Crippen molar-refractivity contribution in [2.24, 2.45) is 11.3 Å². The van der Waals surface area contributed by atoms with Gasteiger partial charge in [0.05, 0.1) is 11.5 Å². The molecule has 1 fully saturated rings. The van der Waals surface area contributed by atoms with Crippen LogP contribution in [-0.4, -0.2) is 24.5 Å². The zero-order valence-electron chi connectivity index (χ0n) is 10.4. The molecule has 0 saturated carbocycles. The van der Waals surface area contributed by atoms with E-state index in [9.17, 15) is 5.26 Å². The first-order chi connectivity index (χ1) is 7.12. The standard InChI is InChI=1S/C13H24N2/c1-4-15-9-7-13(11-14,8-10-15)6-5-12(2)3/h12H,4-10H2,1-3H3. The molecule has 2 heteroatoms. The molecule has 86 valence electrons. The van der Waals surface area contributed by atoms with Crippen molar-refractivity contribution in [2.75, 3.05) is 19.6 Å². The van der Waals surface area contributed by atoms with Crippen molar-refractivity contribution < 1.29 is 0 Å². The Labute approximate surface area is 94.3 Å². The summed E-state index contributed by atoms with van der Waals surface area (Å²) in [6, 6.07) is 2.59. The molecule has 0 radical (unpaired) electrons. The van der Waals surface area contributed by atoms with Crippen molar-refractivity contribution in [1.29, 1.82) is 5.26 Å². The van der Waals surface area contributed by atoms with Crippen molar-refractivity contribution in [3.63, 3.8) is 0 Å². The predicted octanol–water partition coefficient (Wildman–Crippen LogP) is 3.05. The van der Waals surface area contributed by atoms with Crippen LogP contribution in [0.5, 0.6) is 0 Å². The summed E-state index contributed by atoms with van der Waals surface area (Å²) in [6.07, 6.45) is 4.44. The molecule has 0 amide bonds. The topological polar surface area (TPSA) is 27.0 Å². The van der Waals surface area contributed by atoms with Crippen LogP contribution in [-0.2, 0) is 0 Å². The summed E-state index contributed by atoms with van der Waals surface area (Å²) in [4.78, 5) is 2.45. The van der Waals surface area contributed by atoms with E-state index in [1.165, 1.54) is 6.42 Å². The van der Waals surface area contributed by atoms with Gasteiger partial charge in [0, 0.05) is 0 Å². The summed E-state index contributed by atoms with van der Waals surface area (Å²) in [5, 5.41) is 9.34. The maximum absolute atomic E-state index is 9.34. The first-order valence-corrected chi connectivity index (χ1v) is 6.25. The number of hydrogen-bond acceptors (Lipinski definition) is 2. The minimum absolute atomic E-state index is 0.00403. The Hall–Kier alpha value is -0.550. The van der Waals surface area contributed by atoms with Crippen LogP contribution in [0.2, 0.25) is 0 Å². The molecular formula is C13H24N2. The zero-order chi connectivity index (χ0) is 11.3. The molecule has 0 N–H and O–H groups in total. The summed E-state index contributed by atoms with van der Waals surface area (Å²) in [5.41, 5.74) is -0.00403. The third kappa shape index (κ3) is 3.50. The molecule has 1 heterocycles. The summed E-state index contributed by atoms with van der Waals surface area (Å²) < 4.78 is 0. The fourth-order valence-electron chi connectivity index (χ4n) is 2.28. The number of likely N-dealkylation sites (tertiary alicyclic amines) is 1. The monoisotopic (exact) mass is 208 g/mol. The fraction of sp³-hybridized carbons (Fsp3) is 0.923. The van der Waals surface area contributed by atoms with E-state index in [-0.39, 0.29) is 5.41 Å². The van der Waals surface area contributed by atoms with E-state index in [4.69, 9.17) is 0 Å². The molecule has 0 bridgehead atoms. The normalized spacial score (nSPS) is 21.5. The molecule has 2 nitrogen and oxygen atoms in total. The maximum atomic E-state index is 9.34. The van der Waals surface area contributed by atoms with Crippen molar-refractivity contribution in [3.8, 4) is 6.07 Å². The Balaban J connectivity index is 2.46. The van der Waals surface area contributed by atoms with E-state index in [1.807, 2.05) is 0 Å². The van der Waals surface area contributed by atoms with Gasteiger partial charge in [0.25, 0.3) is 0 Å². The van der Waals surface area contributed by atoms with Crippen LogP contribution >= 0.6 is 0 Å². The molecule has 0 unspecified atom stereocenters. The molecular weight excluding hydrogens is 184 g/mol. The molecule has 1 rings (SSSR count). The average Bonchev–Trinajstić information content (AvgIpc) is 2.27. The number of nitriles is 1. The second-order valence-electron chi connectivity index (χ2n) is 5.26. The molecule has 0 aromatic carbocycles. The van der Waals surface area contributed by atoms with Crippen molar-refractivity contribution in [3.05, 3.63) is 0 Å². The highest BCUT2D eigenvalue weighted by Crippen LogP contribution is 2.36. The van der Waals surface area contributed by atoms with E-state index in [2.05, 4.69) is 31.7 Å². The van der Waals surface area contributed by atoms with Crippen LogP contribution in [0.4, 0.5) is 0 Å². The first kappa shape index (κ1) is 12.5. The average molecular weight is 208 g/mol. The third-order valence-corrected chi connectivity index (χ3v) is 3.70. The van der Waals surface area contributed by atoms with E-state index in [0.29, 0.717) is 0 Å². The summed E-state index contributed by atoms with van der Waals surface area (Å²) in [6.45, 7) is 10.0. The molecule has 1 aliphatic rings. The summed E-state index contributed by atoms with van der Waals surface area (Å²) in [5.74, 6) is 0.722. The first-order valence-electron chi connectivity index (χ1n) is 6.25. The van der Waals surface area contributed by atoms with Crippen molar-refractivity contribution >= 4 is 0 Å². The van der Waals surface area contributed by atoms with Crippen molar-refractivity contribution in [2.45, 2.75) is 46.5 Å². The minimum Gasteiger partial charge on any atom is -0.303 e. The Morgan fingerprint density at radius 3 is 2.33 bits per heavy atom. The molecule has 0 aliphatic carbocycles. The lowest BCUT2D eigenvalue weighted by molar-refractivity contribution is 0.138. The van der Waals surface area contributed by atoms with E-state index in [1.54, 1.807) is 0 Å². The Bertz CT molecular complexity index is 219. The van der Waals surface area contributed by atoms with Crippen LogP contribution < -0.4 is 0 Å². The van der Waals surface area contributed by atoms with Gasteiger partial charge in [-0.2, -0.15) is 5.26 Å². The lowest BCUT2D eigenvalue weighted by Gasteiger charge is -2.37. The molecule has 1 saturated heterocycles.